The van der Waals surface area contributed by atoms with Gasteiger partial charge in [0.05, 0.1) is 4.90 Å². The van der Waals surface area contributed by atoms with Crippen molar-refractivity contribution in [2.75, 3.05) is 26.2 Å². The molecule has 7 nitrogen and oxygen atoms in total. The maximum atomic E-state index is 13.4. The Kier molecular flexibility index (Phi) is 6.17. The molecule has 4 rings (SSSR count). The third kappa shape index (κ3) is 4.26. The zero-order chi connectivity index (χ0) is 21.1. The molecule has 1 aromatic heterocycles. The van der Waals surface area contributed by atoms with Crippen molar-refractivity contribution < 1.29 is 18.5 Å². The first-order chi connectivity index (χ1) is 14.5. The van der Waals surface area contributed by atoms with Crippen LogP contribution in [0.1, 0.15) is 12.0 Å². The van der Waals surface area contributed by atoms with E-state index in [0.717, 1.165) is 17.5 Å². The highest BCUT2D eigenvalue weighted by atomic mass is 32.2. The fourth-order valence-corrected chi connectivity index (χ4v) is 5.66. The van der Waals surface area contributed by atoms with Gasteiger partial charge in [-0.25, -0.2) is 8.42 Å². The second-order valence-electron chi connectivity index (χ2n) is 7.46. The van der Waals surface area contributed by atoms with Crippen LogP contribution in [0.4, 0.5) is 0 Å². The Morgan fingerprint density at radius 1 is 0.967 bits per heavy atom. The molecule has 3 aromatic rings. The standard InChI is InChI=1S/C21H24BN3O4S/c26-22(27)20-7-2-1-5-18(20)16-24-11-4-12-25(14-13-24)30(28,29)21-8-3-6-17-15-23-10-9-19(17)21/h1-3,5-10,15,26-27H,4,11-14,16H2. The second-order valence-corrected chi connectivity index (χ2v) is 9.37. The molecule has 0 amide bonds. The van der Waals surface area contributed by atoms with Crippen LogP contribution in [0, 0.1) is 0 Å². The molecular formula is C21H24BN3O4S. The van der Waals surface area contributed by atoms with Crippen molar-refractivity contribution in [3.8, 4) is 0 Å². The molecule has 0 spiro atoms. The first kappa shape index (κ1) is 21.0. The van der Waals surface area contributed by atoms with E-state index in [1.807, 2.05) is 18.2 Å². The molecule has 2 heterocycles. The molecule has 0 atom stereocenters. The van der Waals surface area contributed by atoms with Crippen molar-refractivity contribution >= 4 is 33.4 Å². The SMILES string of the molecule is O=S(=O)(c1cccc2cnccc12)N1CCCN(Cc2ccccc2B(O)O)CC1. The summed E-state index contributed by atoms with van der Waals surface area (Å²) in [5.74, 6) is 0. The summed E-state index contributed by atoms with van der Waals surface area (Å²) in [6.45, 7) is 2.68. The van der Waals surface area contributed by atoms with E-state index >= 15 is 0 Å². The van der Waals surface area contributed by atoms with Gasteiger partial charge < -0.3 is 10.0 Å². The highest BCUT2D eigenvalue weighted by Crippen LogP contribution is 2.26. The van der Waals surface area contributed by atoms with Crippen molar-refractivity contribution in [3.05, 3.63) is 66.5 Å². The van der Waals surface area contributed by atoms with Crippen LogP contribution >= 0.6 is 0 Å². The minimum atomic E-state index is -3.63. The monoisotopic (exact) mass is 425 g/mol. The second kappa shape index (κ2) is 8.83. The lowest BCUT2D eigenvalue weighted by Crippen LogP contribution is -2.37. The molecule has 0 bridgehead atoms. The van der Waals surface area contributed by atoms with Gasteiger partial charge in [-0.05, 0) is 36.1 Å². The fraction of sp³-hybridized carbons (Fsp3) is 0.286. The predicted octanol–water partition coefficient (Wildman–Crippen LogP) is 0.811. The van der Waals surface area contributed by atoms with E-state index in [0.29, 0.717) is 48.3 Å². The van der Waals surface area contributed by atoms with Gasteiger partial charge in [0.15, 0.2) is 0 Å². The molecule has 2 aromatic carbocycles. The maximum absolute atomic E-state index is 13.4. The molecule has 1 fully saturated rings. The van der Waals surface area contributed by atoms with Gasteiger partial charge in [0.1, 0.15) is 0 Å². The minimum Gasteiger partial charge on any atom is -0.423 e. The number of pyridine rings is 1. The summed E-state index contributed by atoms with van der Waals surface area (Å²) < 4.78 is 28.3. The molecular weight excluding hydrogens is 401 g/mol. The third-order valence-corrected chi connectivity index (χ3v) is 7.49. The minimum absolute atomic E-state index is 0.310. The molecule has 2 N–H and O–H groups in total. The summed E-state index contributed by atoms with van der Waals surface area (Å²) in [6, 6.07) is 14.2. The lowest BCUT2D eigenvalue weighted by molar-refractivity contribution is 0.279. The number of aromatic nitrogens is 1. The third-order valence-electron chi connectivity index (χ3n) is 5.53. The molecule has 0 unspecified atom stereocenters. The quantitative estimate of drug-likeness (QED) is 0.588. The van der Waals surface area contributed by atoms with Crippen LogP contribution < -0.4 is 5.46 Å². The number of nitrogens with zero attached hydrogens (tertiary/aromatic N) is 3. The van der Waals surface area contributed by atoms with Gasteiger partial charge in [-0.3, -0.25) is 9.88 Å². The van der Waals surface area contributed by atoms with E-state index in [4.69, 9.17) is 0 Å². The van der Waals surface area contributed by atoms with Gasteiger partial charge >= 0.3 is 7.12 Å². The molecule has 156 valence electrons. The summed E-state index contributed by atoms with van der Waals surface area (Å²) in [5.41, 5.74) is 1.32. The zero-order valence-electron chi connectivity index (χ0n) is 16.6. The summed E-state index contributed by atoms with van der Waals surface area (Å²) in [7, 11) is -5.15. The summed E-state index contributed by atoms with van der Waals surface area (Å²) in [6.07, 6.45) is 3.99. The highest BCUT2D eigenvalue weighted by Gasteiger charge is 2.28. The Hall–Kier alpha value is -2.30. The molecule has 1 aliphatic heterocycles. The van der Waals surface area contributed by atoms with E-state index in [2.05, 4.69) is 9.88 Å². The largest absolute Gasteiger partial charge is 0.488 e. The van der Waals surface area contributed by atoms with Crippen LogP contribution in [0.3, 0.4) is 0 Å². The Labute approximate surface area is 176 Å². The lowest BCUT2D eigenvalue weighted by Gasteiger charge is -2.23. The molecule has 0 aliphatic carbocycles. The van der Waals surface area contributed by atoms with Crippen molar-refractivity contribution in [3.63, 3.8) is 0 Å². The van der Waals surface area contributed by atoms with E-state index in [1.165, 1.54) is 0 Å². The van der Waals surface area contributed by atoms with Crippen LogP contribution in [0.25, 0.3) is 10.8 Å². The van der Waals surface area contributed by atoms with Crippen molar-refractivity contribution in [1.82, 2.24) is 14.2 Å². The smallest absolute Gasteiger partial charge is 0.423 e. The van der Waals surface area contributed by atoms with Crippen LogP contribution in [0.15, 0.2) is 65.8 Å². The van der Waals surface area contributed by atoms with Crippen LogP contribution in [-0.4, -0.2) is 66.0 Å². The molecule has 0 saturated carbocycles. The van der Waals surface area contributed by atoms with Crippen LogP contribution in [0.2, 0.25) is 0 Å². The van der Waals surface area contributed by atoms with Gasteiger partial charge in [-0.2, -0.15) is 4.31 Å². The van der Waals surface area contributed by atoms with E-state index in [-0.39, 0.29) is 0 Å². The van der Waals surface area contributed by atoms with Gasteiger partial charge in [0.2, 0.25) is 10.0 Å². The molecule has 1 saturated heterocycles. The van der Waals surface area contributed by atoms with E-state index in [9.17, 15) is 18.5 Å². The van der Waals surface area contributed by atoms with Crippen molar-refractivity contribution in [2.24, 2.45) is 0 Å². The Bertz CT molecular complexity index is 1130. The first-order valence-electron chi connectivity index (χ1n) is 9.96. The van der Waals surface area contributed by atoms with Gasteiger partial charge in [-0.1, -0.05) is 36.4 Å². The molecule has 1 aliphatic rings. The van der Waals surface area contributed by atoms with Crippen LogP contribution in [-0.2, 0) is 16.6 Å². The average molecular weight is 425 g/mol. The zero-order valence-corrected chi connectivity index (χ0v) is 17.4. The van der Waals surface area contributed by atoms with Crippen LogP contribution in [0.5, 0.6) is 0 Å². The first-order valence-corrected chi connectivity index (χ1v) is 11.4. The van der Waals surface area contributed by atoms with Crippen molar-refractivity contribution in [1.29, 1.82) is 0 Å². The lowest BCUT2D eigenvalue weighted by atomic mass is 9.77. The number of rotatable bonds is 5. The fourth-order valence-electron chi connectivity index (χ4n) is 3.97. The number of fused-ring (bicyclic) bond motifs is 1. The Balaban J connectivity index is 1.53. The molecule has 30 heavy (non-hydrogen) atoms. The number of sulfonamides is 1. The normalized spacial score (nSPS) is 16.5. The average Bonchev–Trinajstić information content (AvgIpc) is 2.99. The van der Waals surface area contributed by atoms with E-state index < -0.39 is 17.1 Å². The van der Waals surface area contributed by atoms with Crippen molar-refractivity contribution in [2.45, 2.75) is 17.9 Å². The predicted molar refractivity (Wildman–Crippen MR) is 117 cm³/mol. The molecule has 0 radical (unpaired) electrons. The topological polar surface area (TPSA) is 94.0 Å². The van der Waals surface area contributed by atoms with Gasteiger partial charge in [-0.15, -0.1) is 0 Å². The highest BCUT2D eigenvalue weighted by molar-refractivity contribution is 7.89. The summed E-state index contributed by atoms with van der Waals surface area (Å²) >= 11 is 0. The Morgan fingerprint density at radius 2 is 1.80 bits per heavy atom. The summed E-state index contributed by atoms with van der Waals surface area (Å²) in [4.78, 5) is 6.55. The van der Waals surface area contributed by atoms with Gasteiger partial charge in [0, 0.05) is 49.3 Å². The van der Waals surface area contributed by atoms with E-state index in [1.54, 1.807) is 47.0 Å². The Morgan fingerprint density at radius 3 is 2.63 bits per heavy atom. The number of benzene rings is 2. The molecule has 9 heteroatoms. The summed E-state index contributed by atoms with van der Waals surface area (Å²) in [5, 5.41) is 20.7. The number of hydrogen-bond donors (Lipinski definition) is 2. The number of hydrogen-bond acceptors (Lipinski definition) is 6. The van der Waals surface area contributed by atoms with Gasteiger partial charge in [0.25, 0.3) is 0 Å². The maximum Gasteiger partial charge on any atom is 0.488 e.